The van der Waals surface area contributed by atoms with Crippen molar-refractivity contribution < 1.29 is 78.8 Å². The maximum Gasteiger partial charge on any atom is 0.458 e. The summed E-state index contributed by atoms with van der Waals surface area (Å²) >= 11 is 0. The summed E-state index contributed by atoms with van der Waals surface area (Å²) in [5.74, 6) is -21.4. The first-order chi connectivity index (χ1) is 13.2. The molecule has 1 rings (SSSR count). The Labute approximate surface area is 188 Å². The fraction of sp³-hybridized carbons (Fsp3) is 0.500. The van der Waals surface area contributed by atoms with E-state index >= 15 is 0 Å². The van der Waals surface area contributed by atoms with Gasteiger partial charge in [-0.3, -0.25) is 4.55 Å². The minimum Gasteiger partial charge on any atom is -0.282 e. The second kappa shape index (κ2) is 8.38. The molecule has 0 amide bonds. The molecule has 1 aromatic rings. The van der Waals surface area contributed by atoms with Crippen molar-refractivity contribution in [3.8, 4) is 0 Å². The van der Waals surface area contributed by atoms with E-state index in [0.717, 1.165) is 0 Å². The molecule has 1 aromatic carbocycles. The van der Waals surface area contributed by atoms with Gasteiger partial charge in [0.2, 0.25) is 0 Å². The topological polar surface area (TPSA) is 54.4 Å². The van der Waals surface area contributed by atoms with Crippen LogP contribution in [0.4, 0.5) is 65.9 Å². The van der Waals surface area contributed by atoms with Crippen molar-refractivity contribution in [3.05, 3.63) is 28.8 Å². The molecule has 0 spiro atoms. The maximum atomic E-state index is 13.8. The molecule has 0 heterocycles. The number of alkyl halides is 15. The molecule has 0 saturated heterocycles. The molecule has 0 aromatic heterocycles. The quantitative estimate of drug-likeness (QED) is 0.314. The van der Waals surface area contributed by atoms with Gasteiger partial charge in [0.05, 0.1) is 11.1 Å². The number of hydrogen-bond donors (Lipinski definition) is 1. The van der Waals surface area contributed by atoms with E-state index in [2.05, 4.69) is 0 Å². The molecule has 0 saturated carbocycles. The van der Waals surface area contributed by atoms with Crippen molar-refractivity contribution in [1.82, 2.24) is 0 Å². The van der Waals surface area contributed by atoms with Gasteiger partial charge >= 0.3 is 36.3 Å². The van der Waals surface area contributed by atoms with Crippen LogP contribution in [0.1, 0.15) is 16.7 Å². The van der Waals surface area contributed by atoms with E-state index < -0.39 is 80.1 Å². The molecule has 32 heavy (non-hydrogen) atoms. The van der Waals surface area contributed by atoms with Crippen LogP contribution in [0.3, 0.4) is 0 Å². The van der Waals surface area contributed by atoms with Gasteiger partial charge in [-0.1, -0.05) is 6.07 Å². The summed E-state index contributed by atoms with van der Waals surface area (Å²) in [4.78, 5) is -3.12. The van der Waals surface area contributed by atoms with E-state index in [9.17, 15) is 74.3 Å². The Kier molecular flexibility index (Phi) is 8.14. The minimum absolute atomic E-state index is 0. The van der Waals surface area contributed by atoms with Gasteiger partial charge in [0.25, 0.3) is 10.1 Å². The van der Waals surface area contributed by atoms with Gasteiger partial charge in [0.15, 0.2) is 0 Å². The van der Waals surface area contributed by atoms with Crippen molar-refractivity contribution in [2.45, 2.75) is 41.2 Å². The van der Waals surface area contributed by atoms with Crippen LogP contribution < -0.4 is 0 Å². The molecular formula is C12H3F15NaO3S. The predicted octanol–water partition coefficient (Wildman–Crippen LogP) is 5.51. The zero-order valence-electron chi connectivity index (χ0n) is 14.5. The van der Waals surface area contributed by atoms with Crippen LogP contribution in [0.25, 0.3) is 0 Å². The van der Waals surface area contributed by atoms with Crippen molar-refractivity contribution in [1.29, 1.82) is 0 Å². The molecule has 1 radical (unpaired) electrons. The Morgan fingerprint density at radius 3 is 1.16 bits per heavy atom. The summed E-state index contributed by atoms with van der Waals surface area (Å²) in [6.45, 7) is 0. The first-order valence-corrected chi connectivity index (χ1v) is 8.16. The zero-order chi connectivity index (χ0) is 25.2. The first-order valence-electron chi connectivity index (χ1n) is 6.72. The first kappa shape index (κ1) is 31.1. The van der Waals surface area contributed by atoms with Crippen LogP contribution in [-0.2, 0) is 27.9 Å². The molecular weight excluding hydrogens is 532 g/mol. The molecule has 3 nitrogen and oxygen atoms in total. The van der Waals surface area contributed by atoms with E-state index in [-0.39, 0.29) is 29.6 Å². The van der Waals surface area contributed by atoms with Crippen LogP contribution in [0, 0.1) is 0 Å². The molecule has 181 valence electrons. The largest absolute Gasteiger partial charge is 0.458 e. The summed E-state index contributed by atoms with van der Waals surface area (Å²) in [5, 5.41) is 0. The van der Waals surface area contributed by atoms with Crippen molar-refractivity contribution in [2.24, 2.45) is 0 Å². The van der Waals surface area contributed by atoms with Gasteiger partial charge in [0.1, 0.15) is 4.90 Å². The molecule has 20 heteroatoms. The van der Waals surface area contributed by atoms with Gasteiger partial charge in [-0.2, -0.15) is 74.3 Å². The summed E-state index contributed by atoms with van der Waals surface area (Å²) < 4.78 is 227. The Balaban J connectivity index is 0.00000961. The van der Waals surface area contributed by atoms with E-state index in [1.54, 1.807) is 0 Å². The molecule has 0 bridgehead atoms. The standard InChI is InChI=1S/C12H3F15O3S.Na/c13-7(14,10(19,20)21)3-1-2-4(31(28,29)30)6(9(17,18)12(25,26)27)5(3)8(15,16)11(22,23)24;/h1-2H,(H,28,29,30);. The molecule has 1 N–H and O–H groups in total. The Morgan fingerprint density at radius 2 is 0.875 bits per heavy atom. The van der Waals surface area contributed by atoms with E-state index in [1.165, 1.54) is 0 Å². The molecule has 0 fully saturated rings. The number of hydrogen-bond acceptors (Lipinski definition) is 2. The van der Waals surface area contributed by atoms with Gasteiger partial charge in [-0.15, -0.1) is 0 Å². The Hall–Kier alpha value is -0.920. The Bertz CT molecular complexity index is 960. The van der Waals surface area contributed by atoms with Gasteiger partial charge in [0, 0.05) is 35.1 Å². The average Bonchev–Trinajstić information content (AvgIpc) is 2.49. The van der Waals surface area contributed by atoms with Crippen LogP contribution in [0.2, 0.25) is 0 Å². The van der Waals surface area contributed by atoms with Gasteiger partial charge in [-0.25, -0.2) is 0 Å². The van der Waals surface area contributed by atoms with Crippen LogP contribution in [-0.4, -0.2) is 61.1 Å². The fourth-order valence-corrected chi connectivity index (χ4v) is 2.86. The summed E-state index contributed by atoms with van der Waals surface area (Å²) in [5.41, 5.74) is -12.3. The monoisotopic (exact) mass is 535 g/mol. The average molecular weight is 535 g/mol. The fourth-order valence-electron chi connectivity index (χ4n) is 2.13. The molecule has 0 atom stereocenters. The molecule has 0 unspecified atom stereocenters. The second-order valence-electron chi connectivity index (χ2n) is 5.55. The molecule has 0 aliphatic rings. The van der Waals surface area contributed by atoms with Gasteiger partial charge in [-0.05, 0) is 6.07 Å². The number of benzene rings is 1. The third-order valence-electron chi connectivity index (χ3n) is 3.48. The van der Waals surface area contributed by atoms with Gasteiger partial charge < -0.3 is 0 Å². The van der Waals surface area contributed by atoms with Crippen molar-refractivity contribution in [2.75, 3.05) is 0 Å². The summed E-state index contributed by atoms with van der Waals surface area (Å²) in [7, 11) is -6.61. The summed E-state index contributed by atoms with van der Waals surface area (Å²) in [6.07, 6.45) is -21.8. The smallest absolute Gasteiger partial charge is 0.282 e. The number of rotatable bonds is 4. The molecule has 0 aliphatic carbocycles. The van der Waals surface area contributed by atoms with Crippen LogP contribution in [0.15, 0.2) is 17.0 Å². The zero-order valence-corrected chi connectivity index (χ0v) is 17.3. The maximum absolute atomic E-state index is 13.8. The minimum atomic E-state index is -7.38. The van der Waals surface area contributed by atoms with Crippen molar-refractivity contribution in [3.63, 3.8) is 0 Å². The van der Waals surface area contributed by atoms with Crippen molar-refractivity contribution >= 4 is 39.7 Å². The third-order valence-corrected chi connectivity index (χ3v) is 4.38. The second-order valence-corrected chi connectivity index (χ2v) is 6.94. The predicted molar refractivity (Wildman–Crippen MR) is 71.9 cm³/mol. The summed E-state index contributed by atoms with van der Waals surface area (Å²) in [6, 6.07) is -2.24. The van der Waals surface area contributed by atoms with Crippen LogP contribution >= 0.6 is 0 Å². The van der Waals surface area contributed by atoms with Crippen LogP contribution in [0.5, 0.6) is 0 Å². The number of halogens is 15. The Morgan fingerprint density at radius 1 is 0.562 bits per heavy atom. The SMILES string of the molecule is O=S(=O)(O)c1ccc(C(F)(F)C(F)(F)F)c(C(F)(F)C(F)(F)F)c1C(F)(F)C(F)(F)F.[Na]. The van der Waals surface area contributed by atoms with E-state index in [4.69, 9.17) is 4.55 Å². The van der Waals surface area contributed by atoms with E-state index in [0.29, 0.717) is 0 Å². The third kappa shape index (κ3) is 5.10. The normalized spacial score (nSPS) is 14.9. The van der Waals surface area contributed by atoms with E-state index in [1.807, 2.05) is 0 Å². The molecule has 0 aliphatic heterocycles.